The van der Waals surface area contributed by atoms with Gasteiger partial charge in [-0.3, -0.25) is 39.4 Å². The fraction of sp³-hybridized carbons (Fsp3) is 0.147. The first-order valence-corrected chi connectivity index (χ1v) is 28.6. The number of aliphatic hydroxyl groups excluding tert-OH is 1. The maximum atomic E-state index is 13.1. The van der Waals surface area contributed by atoms with Gasteiger partial charge in [-0.15, -0.1) is 0 Å². The van der Waals surface area contributed by atoms with Crippen LogP contribution >= 0.6 is 0 Å². The number of nitrogens with zero attached hydrogens (tertiary/aromatic N) is 6. The van der Waals surface area contributed by atoms with Gasteiger partial charge in [0.2, 0.25) is 11.8 Å². The second kappa shape index (κ2) is 30.8. The quantitative estimate of drug-likeness (QED) is 0.0193. The second-order valence-electron chi connectivity index (χ2n) is 21.2. The molecule has 0 spiro atoms. The number of aromatic amines is 1. The van der Waals surface area contributed by atoms with Crippen LogP contribution < -0.4 is 25.3 Å². The fourth-order valence-corrected chi connectivity index (χ4v) is 10.2. The number of nitrogens with one attached hydrogen (secondary N) is 3. The van der Waals surface area contributed by atoms with Crippen molar-refractivity contribution in [2.45, 2.75) is 25.6 Å². The molecular weight excluding hydrogens is 1210 g/mol. The van der Waals surface area contributed by atoms with Crippen molar-refractivity contribution in [1.29, 1.82) is 0 Å². The number of ketones is 1. The molecule has 1 unspecified atom stereocenters. The number of carbonyl (C=O) groups excluding carboxylic acids is 4. The van der Waals surface area contributed by atoms with Crippen LogP contribution in [0.5, 0.6) is 5.88 Å². The summed E-state index contributed by atoms with van der Waals surface area (Å²) >= 11 is 0. The molecule has 0 saturated carbocycles. The van der Waals surface area contributed by atoms with E-state index in [1.807, 2.05) is 92.0 Å². The number of likely N-dealkylation sites (N-methyl/N-ethyl adjacent to an activating group) is 3. The molecule has 0 fully saturated rings. The lowest BCUT2D eigenvalue weighted by atomic mass is 9.94. The number of hydrogen-bond acceptors (Lipinski definition) is 18. The number of carbonyl (C=O) groups is 7. The van der Waals surface area contributed by atoms with Crippen molar-refractivity contribution in [2.24, 2.45) is 4.99 Å². The number of carboxylic acids is 3. The van der Waals surface area contributed by atoms with Crippen LogP contribution in [0.3, 0.4) is 0 Å². The molecule has 0 aliphatic carbocycles. The van der Waals surface area contributed by atoms with Crippen LogP contribution in [0, 0.1) is 20.2 Å². The van der Waals surface area contributed by atoms with Gasteiger partial charge in [0.05, 0.1) is 75.3 Å². The van der Waals surface area contributed by atoms with E-state index in [2.05, 4.69) is 25.5 Å². The van der Waals surface area contributed by atoms with Gasteiger partial charge in [-0.25, -0.2) is 19.4 Å². The number of benzene rings is 8. The van der Waals surface area contributed by atoms with Gasteiger partial charge < -0.3 is 60.6 Å². The number of fused-ring (bicyclic) bond motifs is 4. The lowest BCUT2D eigenvalue weighted by Crippen LogP contribution is -2.32. The fourth-order valence-electron chi connectivity index (χ4n) is 10.2. The van der Waals surface area contributed by atoms with Gasteiger partial charge in [-0.1, -0.05) is 97.1 Å². The standard InChI is InChI=1S/C25H21N3O6.C18H15N3O3.C9H10N2O4.C9H7NO3.C7H8O/c1-27(20-9-5-6-10-21(20)28(32)33)14-22(29)23-18-13-17(11-12-19(18)26-24(23)30)25(31)34-15-16-7-3-2-4-8-16;1-21-9-14(19-13-4-2-3-5-15(13)21)16-11-8-10(18(23)24)6-7-12(11)20-17(16)22;1-10(6-9(12)13)7-4-2-3-5-8(7)11(14)15;11-8-4-6-3-5(9(12)13)1-2-7(6)10-8;8-6-7-4-2-1-3-5-7/h2-13,23H,14-15H2,1H3,(H,26,30);2-8,20,22H,9H2,1H3,(H,23,24);2-5H,6H2,1H3,(H,12,13);1-3H,4H2,(H,10,11)(H,12,13);1-5,8H,6H2. The minimum Gasteiger partial charge on any atom is -0.494 e. The number of aliphatic hydroxyl groups is 1. The summed E-state index contributed by atoms with van der Waals surface area (Å²) in [6.45, 7) is 0.253. The van der Waals surface area contributed by atoms with Gasteiger partial charge >= 0.3 is 23.9 Å². The van der Waals surface area contributed by atoms with Crippen LogP contribution in [-0.2, 0) is 43.5 Å². The summed E-state index contributed by atoms with van der Waals surface area (Å²) in [5.41, 5.74) is 8.79. The van der Waals surface area contributed by atoms with Gasteiger partial charge in [0.1, 0.15) is 30.4 Å². The Morgan fingerprint density at radius 1 is 0.649 bits per heavy atom. The highest BCUT2D eigenvalue weighted by Gasteiger charge is 2.38. The SMILES string of the molecule is CN(CC(=O)C1C(=O)Nc2ccc(C(=O)OCc3ccccc3)cc21)c1ccccc1[N+](=O)[O-].CN(CC(=O)O)c1ccccc1[N+](=O)[O-].CN1CC(c2c(O)[nH]c3ccc(C(=O)O)cc23)=Nc2ccccc21.O=C1Cc2cc(C(=O)O)ccc2N1.OCc1ccccc1. The van der Waals surface area contributed by atoms with E-state index in [1.165, 1.54) is 83.6 Å². The molecule has 1 atom stereocenters. The number of nitro groups is 2. The zero-order valence-corrected chi connectivity index (χ0v) is 50.5. The number of rotatable bonds is 16. The Hall–Kier alpha value is -12.6. The number of aromatic carboxylic acids is 2. The first-order chi connectivity index (χ1) is 45.0. The van der Waals surface area contributed by atoms with E-state index >= 15 is 0 Å². The monoisotopic (exact) mass is 1280 g/mol. The highest BCUT2D eigenvalue weighted by molar-refractivity contribution is 6.19. The van der Waals surface area contributed by atoms with Crippen LogP contribution in [0.15, 0.2) is 193 Å². The molecule has 2 amide bonds. The van der Waals surface area contributed by atoms with E-state index in [0.717, 1.165) is 33.8 Å². The Kier molecular flexibility index (Phi) is 22.0. The summed E-state index contributed by atoms with van der Waals surface area (Å²) in [6, 6.07) is 52.5. The zero-order valence-electron chi connectivity index (χ0n) is 50.5. The molecule has 12 rings (SSSR count). The summed E-state index contributed by atoms with van der Waals surface area (Å²) in [4.78, 5) is 115. The Morgan fingerprint density at radius 3 is 1.79 bits per heavy atom. The highest BCUT2D eigenvalue weighted by Crippen LogP contribution is 2.38. The molecule has 0 saturated heterocycles. The third-order valence-electron chi connectivity index (χ3n) is 14.7. The van der Waals surface area contributed by atoms with Crippen molar-refractivity contribution in [3.8, 4) is 5.88 Å². The number of aromatic nitrogens is 1. The van der Waals surface area contributed by atoms with E-state index in [4.69, 9.17) is 20.1 Å². The maximum Gasteiger partial charge on any atom is 0.338 e. The van der Waals surface area contributed by atoms with Gasteiger partial charge in [-0.05, 0) is 101 Å². The van der Waals surface area contributed by atoms with Crippen molar-refractivity contribution < 1.29 is 73.7 Å². The second-order valence-corrected chi connectivity index (χ2v) is 21.2. The molecule has 3 aliphatic rings. The van der Waals surface area contributed by atoms with E-state index < -0.39 is 51.3 Å². The van der Waals surface area contributed by atoms with Crippen molar-refractivity contribution in [3.05, 3.63) is 253 Å². The number of aromatic hydroxyl groups is 1. The lowest BCUT2D eigenvalue weighted by molar-refractivity contribution is -0.384. The summed E-state index contributed by atoms with van der Waals surface area (Å²) < 4.78 is 5.35. The molecule has 480 valence electrons. The number of amides is 2. The van der Waals surface area contributed by atoms with Crippen LogP contribution in [-0.4, -0.2) is 128 Å². The zero-order chi connectivity index (χ0) is 67.8. The summed E-state index contributed by atoms with van der Waals surface area (Å²) in [6.07, 6.45) is 0.274. The Morgan fingerprint density at radius 2 is 1.19 bits per heavy atom. The normalized spacial score (nSPS) is 12.8. The smallest absolute Gasteiger partial charge is 0.338 e. The molecule has 8 N–H and O–H groups in total. The molecule has 4 heterocycles. The number of carboxylic acid groups (broad SMARTS) is 3. The molecule has 1 aromatic heterocycles. The first kappa shape index (κ1) is 67.4. The number of nitro benzene ring substituents is 2. The maximum absolute atomic E-state index is 13.1. The summed E-state index contributed by atoms with van der Waals surface area (Å²) in [5.74, 6) is -5.76. The largest absolute Gasteiger partial charge is 0.494 e. The van der Waals surface area contributed by atoms with Gasteiger partial charge in [-0.2, -0.15) is 0 Å². The van der Waals surface area contributed by atoms with E-state index in [9.17, 15) is 64.0 Å². The third-order valence-corrected chi connectivity index (χ3v) is 14.7. The Labute approximate surface area is 535 Å². The molecule has 3 aliphatic heterocycles. The molecule has 8 aromatic carbocycles. The number of esters is 1. The molecule has 0 radical (unpaired) electrons. The van der Waals surface area contributed by atoms with Crippen LogP contribution in [0.4, 0.5) is 45.5 Å². The number of ether oxygens (including phenoxy) is 1. The van der Waals surface area contributed by atoms with E-state index in [0.29, 0.717) is 45.7 Å². The summed E-state index contributed by atoms with van der Waals surface area (Å²) in [7, 11) is 5.00. The average Bonchev–Trinajstić information content (AvgIpc) is 1.58. The topological polar surface area (TPSA) is 378 Å². The Balaban J connectivity index is 0.000000164. The molecule has 26 nitrogen and oxygen atoms in total. The predicted molar refractivity (Wildman–Crippen MR) is 350 cm³/mol. The van der Waals surface area contributed by atoms with E-state index in [-0.39, 0.29) is 78.3 Å². The number of hydrogen-bond donors (Lipinski definition) is 8. The van der Waals surface area contributed by atoms with E-state index in [1.54, 1.807) is 43.4 Å². The molecule has 94 heavy (non-hydrogen) atoms. The molecule has 26 heteroatoms. The summed E-state index contributed by atoms with van der Waals surface area (Å²) in [5, 5.41) is 73.2. The number of para-hydroxylation sites is 6. The molecular formula is C68H61N9O17. The van der Waals surface area contributed by atoms with Gasteiger partial charge in [0, 0.05) is 55.6 Å². The minimum absolute atomic E-state index is 0.000861. The molecule has 0 bridgehead atoms. The minimum atomic E-state index is -1.14. The number of aliphatic imine (C=N–C) groups is 1. The predicted octanol–water partition coefficient (Wildman–Crippen LogP) is 10.0. The Bertz CT molecular complexity index is 4390. The van der Waals surface area contributed by atoms with Crippen molar-refractivity contribution in [1.82, 2.24) is 4.98 Å². The highest BCUT2D eigenvalue weighted by atomic mass is 16.6. The van der Waals surface area contributed by atoms with Crippen LogP contribution in [0.25, 0.3) is 10.9 Å². The number of H-pyrrole nitrogens is 1. The third kappa shape index (κ3) is 16.8. The van der Waals surface area contributed by atoms with Crippen LogP contribution in [0.2, 0.25) is 0 Å². The van der Waals surface area contributed by atoms with Crippen molar-refractivity contribution in [3.63, 3.8) is 0 Å². The lowest BCUT2D eigenvalue weighted by Gasteiger charge is -2.26. The molecule has 9 aromatic rings. The number of aliphatic carboxylic acids is 1. The van der Waals surface area contributed by atoms with Crippen molar-refractivity contribution >= 4 is 104 Å². The number of anilines is 5. The van der Waals surface area contributed by atoms with Crippen molar-refractivity contribution in [2.75, 3.05) is 66.1 Å². The first-order valence-electron chi connectivity index (χ1n) is 28.6. The number of Topliss-reactive ketones (excluding diaryl/α,β-unsaturated/α-hetero) is 1. The van der Waals surface area contributed by atoms with Crippen LogP contribution in [0.1, 0.15) is 64.8 Å². The average molecular weight is 1280 g/mol. The van der Waals surface area contributed by atoms with Gasteiger partial charge in [0.25, 0.3) is 11.4 Å². The van der Waals surface area contributed by atoms with Gasteiger partial charge in [0.15, 0.2) is 11.7 Å².